The van der Waals surface area contributed by atoms with Crippen LogP contribution in [0.3, 0.4) is 0 Å². The van der Waals surface area contributed by atoms with Crippen molar-refractivity contribution in [3.05, 3.63) is 30.3 Å². The number of benzene rings is 1. The molecule has 0 heterocycles. The number of amides is 1. The molecule has 0 radical (unpaired) electrons. The maximum Gasteiger partial charge on any atom is 0.279 e. The molecule has 0 saturated carbocycles. The number of carbonyl (C=O) groups excluding carboxylic acids is 2. The number of carbonyl (C=O) groups is 2. The van der Waals surface area contributed by atoms with Gasteiger partial charge in [-0.15, -0.1) is 0 Å². The number of nitrogens with two attached hydrogens (primary N) is 1. The Bertz CT molecular complexity index is 637. The van der Waals surface area contributed by atoms with Crippen LogP contribution in [0.5, 0.6) is 0 Å². The molecule has 1 atom stereocenters. The largest absolute Gasteiger partial charge is 1.00 e. The number of hydrogen-bond donors (Lipinski definition) is 2. The van der Waals surface area contributed by atoms with Crippen LogP contribution in [-0.4, -0.2) is 42.5 Å². The highest BCUT2D eigenvalue weighted by atomic mass is 35.5. The number of nitrogens with zero attached hydrogens (tertiary/aromatic N) is 1. The normalized spacial score (nSPS) is 13.2. The van der Waals surface area contributed by atoms with Crippen molar-refractivity contribution < 1.29 is 26.5 Å². The third-order valence-corrected chi connectivity index (χ3v) is 6.21. The Morgan fingerprint density at radius 1 is 0.903 bits per heavy atom. The first-order valence-electron chi connectivity index (χ1n) is 11.8. The molecule has 0 fully saturated rings. The van der Waals surface area contributed by atoms with Gasteiger partial charge in [0.2, 0.25) is 11.4 Å². The van der Waals surface area contributed by atoms with Crippen molar-refractivity contribution in [2.24, 2.45) is 5.73 Å². The fraction of sp³-hybridized carbons (Fsp3) is 0.680. The summed E-state index contributed by atoms with van der Waals surface area (Å²) in [6, 6.07) is 9.36. The molecule has 6 heteroatoms. The monoisotopic (exact) mass is 453 g/mol. The van der Waals surface area contributed by atoms with Crippen molar-refractivity contribution in [1.82, 2.24) is 0 Å². The lowest BCUT2D eigenvalue weighted by Crippen LogP contribution is -3.00. The first-order valence-corrected chi connectivity index (χ1v) is 11.8. The minimum Gasteiger partial charge on any atom is -1.00 e. The summed E-state index contributed by atoms with van der Waals surface area (Å²) in [5.74, 6) is -0.0733. The predicted molar refractivity (Wildman–Crippen MR) is 126 cm³/mol. The molecule has 1 aromatic carbocycles. The summed E-state index contributed by atoms with van der Waals surface area (Å²) in [5, 5.41) is 2.90. The van der Waals surface area contributed by atoms with Gasteiger partial charge < -0.3 is 17.7 Å². The highest BCUT2D eigenvalue weighted by molar-refractivity contribution is 5.92. The van der Waals surface area contributed by atoms with Gasteiger partial charge in [-0.1, -0.05) is 83.4 Å². The number of rotatable bonds is 16. The summed E-state index contributed by atoms with van der Waals surface area (Å²) < 4.78 is 0.151. The summed E-state index contributed by atoms with van der Waals surface area (Å²) in [4.78, 5) is 25.6. The van der Waals surface area contributed by atoms with Gasteiger partial charge in [-0.3, -0.25) is 19.8 Å². The molecule has 0 aromatic heterocycles. The molecule has 0 aliphatic heterocycles. The number of ketones is 1. The van der Waals surface area contributed by atoms with Crippen LogP contribution in [0.25, 0.3) is 0 Å². The van der Waals surface area contributed by atoms with E-state index in [1.165, 1.54) is 44.9 Å². The fourth-order valence-electron chi connectivity index (χ4n) is 4.00. The quantitative estimate of drug-likeness (QED) is 0.229. The zero-order valence-corrected chi connectivity index (χ0v) is 20.8. The first kappa shape index (κ1) is 29.6. The summed E-state index contributed by atoms with van der Waals surface area (Å²) in [6.07, 6.45) is 12.0. The van der Waals surface area contributed by atoms with Crippen LogP contribution in [0.1, 0.15) is 84.5 Å². The second-order valence-corrected chi connectivity index (χ2v) is 9.04. The molecule has 178 valence electrons. The lowest BCUT2D eigenvalue weighted by molar-refractivity contribution is -0.924. The van der Waals surface area contributed by atoms with Crippen molar-refractivity contribution >= 4 is 17.4 Å². The van der Waals surface area contributed by atoms with E-state index in [1.807, 2.05) is 51.4 Å². The van der Waals surface area contributed by atoms with Crippen molar-refractivity contribution in [2.75, 3.05) is 26.0 Å². The van der Waals surface area contributed by atoms with Crippen LogP contribution in [0, 0.1) is 0 Å². The molecule has 0 aliphatic rings. The van der Waals surface area contributed by atoms with Gasteiger partial charge >= 0.3 is 0 Å². The minimum absolute atomic E-state index is 0. The van der Waals surface area contributed by atoms with Crippen LogP contribution in [-0.2, 0) is 9.59 Å². The van der Waals surface area contributed by atoms with E-state index in [2.05, 4.69) is 12.2 Å². The number of unbranched alkanes of at least 4 members (excludes halogenated alkanes) is 8. The van der Waals surface area contributed by atoms with Crippen molar-refractivity contribution in [3.8, 4) is 0 Å². The lowest BCUT2D eigenvalue weighted by Gasteiger charge is -2.44. The molecule has 0 aliphatic carbocycles. The number of halogens is 1. The van der Waals surface area contributed by atoms with E-state index < -0.39 is 5.66 Å². The van der Waals surface area contributed by atoms with Crippen molar-refractivity contribution in [1.29, 1.82) is 0 Å². The van der Waals surface area contributed by atoms with E-state index in [-0.39, 0.29) is 35.1 Å². The topological polar surface area (TPSA) is 72.2 Å². The Morgan fingerprint density at radius 2 is 1.42 bits per heavy atom. The van der Waals surface area contributed by atoms with E-state index in [0.29, 0.717) is 12.8 Å². The Kier molecular flexibility index (Phi) is 14.7. The van der Waals surface area contributed by atoms with Crippen LogP contribution in [0.15, 0.2) is 30.3 Å². The SMILES string of the molecule is CCCCCCCCCCCC(=O)C(N)(CC)[N+](C)(C)CC(=O)Nc1ccccc1.[Cl-]. The second kappa shape index (κ2) is 15.4. The highest BCUT2D eigenvalue weighted by Gasteiger charge is 2.47. The molecule has 31 heavy (non-hydrogen) atoms. The Balaban J connectivity index is 0.00000900. The summed E-state index contributed by atoms with van der Waals surface area (Å²) >= 11 is 0. The molecule has 3 N–H and O–H groups in total. The van der Waals surface area contributed by atoms with Gasteiger partial charge in [0.05, 0.1) is 14.1 Å². The fourth-order valence-corrected chi connectivity index (χ4v) is 4.00. The van der Waals surface area contributed by atoms with E-state index in [0.717, 1.165) is 18.5 Å². The van der Waals surface area contributed by atoms with Crippen LogP contribution < -0.4 is 23.5 Å². The summed E-state index contributed by atoms with van der Waals surface area (Å²) in [6.45, 7) is 4.33. The van der Waals surface area contributed by atoms with Gasteiger partial charge in [0.1, 0.15) is 0 Å². The van der Waals surface area contributed by atoms with Crippen LogP contribution >= 0.6 is 0 Å². The first-order chi connectivity index (χ1) is 14.3. The van der Waals surface area contributed by atoms with Crippen molar-refractivity contribution in [2.45, 2.75) is 90.1 Å². The molecule has 0 spiro atoms. The third kappa shape index (κ3) is 10.2. The molecule has 1 rings (SSSR count). The Morgan fingerprint density at radius 3 is 1.94 bits per heavy atom. The average molecular weight is 454 g/mol. The van der Waals surface area contributed by atoms with E-state index in [9.17, 15) is 9.59 Å². The minimum atomic E-state index is -1.05. The van der Waals surface area contributed by atoms with Gasteiger partial charge in [-0.25, -0.2) is 0 Å². The third-order valence-electron chi connectivity index (χ3n) is 6.21. The molecule has 5 nitrogen and oxygen atoms in total. The van der Waals surface area contributed by atoms with Gasteiger partial charge in [0, 0.05) is 18.5 Å². The molecule has 1 amide bonds. The van der Waals surface area contributed by atoms with Gasteiger partial charge in [-0.05, 0) is 18.6 Å². The van der Waals surface area contributed by atoms with E-state index in [4.69, 9.17) is 5.73 Å². The molecule has 0 bridgehead atoms. The number of quaternary nitrogens is 1. The molecule has 1 aromatic rings. The van der Waals surface area contributed by atoms with Gasteiger partial charge in [0.15, 0.2) is 6.54 Å². The molecule has 1 unspecified atom stereocenters. The second-order valence-electron chi connectivity index (χ2n) is 9.04. The number of Topliss-reactive ketones (excluding diaryl/α,β-unsaturated/α-hetero) is 1. The number of hydrogen-bond acceptors (Lipinski definition) is 3. The smallest absolute Gasteiger partial charge is 0.279 e. The lowest BCUT2D eigenvalue weighted by atomic mass is 9.93. The Hall–Kier alpha value is -1.43. The zero-order valence-electron chi connectivity index (χ0n) is 20.1. The molecule has 0 saturated heterocycles. The van der Waals surface area contributed by atoms with E-state index in [1.54, 1.807) is 0 Å². The summed E-state index contributed by atoms with van der Waals surface area (Å²) in [7, 11) is 3.75. The maximum absolute atomic E-state index is 13.0. The zero-order chi connectivity index (χ0) is 22.5. The van der Waals surface area contributed by atoms with Gasteiger partial charge in [-0.2, -0.15) is 0 Å². The van der Waals surface area contributed by atoms with Crippen molar-refractivity contribution in [3.63, 3.8) is 0 Å². The van der Waals surface area contributed by atoms with Crippen LogP contribution in [0.2, 0.25) is 0 Å². The average Bonchev–Trinajstić information content (AvgIpc) is 2.71. The number of anilines is 1. The van der Waals surface area contributed by atoms with Gasteiger partial charge in [0.25, 0.3) is 5.91 Å². The van der Waals surface area contributed by atoms with Crippen LogP contribution in [0.4, 0.5) is 5.69 Å². The maximum atomic E-state index is 13.0. The molecular formula is C25H44ClN3O2. The summed E-state index contributed by atoms with van der Waals surface area (Å²) in [5.41, 5.74) is 6.32. The standard InChI is InChI=1S/C25H43N3O2.ClH/c1-5-7-8-9-10-11-12-13-17-20-23(29)25(26,6-2)28(3,4)21-24(30)27-22-18-15-14-16-19-22;/h14-16,18-19H,5-13,17,20-21,26H2,1-4H3;1H. The molecular weight excluding hydrogens is 410 g/mol. The Labute approximate surface area is 196 Å². The number of likely N-dealkylation sites (N-methyl/N-ethyl adjacent to an activating group) is 1. The number of nitrogens with one attached hydrogen (secondary N) is 1. The number of para-hydroxylation sites is 1. The highest BCUT2D eigenvalue weighted by Crippen LogP contribution is 2.24. The van der Waals surface area contributed by atoms with E-state index >= 15 is 0 Å². The predicted octanol–water partition coefficient (Wildman–Crippen LogP) is 2.26.